The third kappa shape index (κ3) is 4.24. The van der Waals surface area contributed by atoms with Crippen LogP contribution in [0.2, 0.25) is 0 Å². The number of fused-ring (bicyclic) bond motifs is 2. The van der Waals surface area contributed by atoms with Gasteiger partial charge in [0.25, 0.3) is 5.56 Å². The number of nitrogens with zero attached hydrogens (tertiary/aromatic N) is 5. The minimum atomic E-state index is -1.09. The van der Waals surface area contributed by atoms with Gasteiger partial charge in [-0.1, -0.05) is 6.07 Å². The molecule has 3 heterocycles. The third-order valence-corrected chi connectivity index (χ3v) is 6.85. The lowest BCUT2D eigenvalue weighted by Crippen LogP contribution is -2.27. The first kappa shape index (κ1) is 23.3. The van der Waals surface area contributed by atoms with E-state index in [2.05, 4.69) is 52.5 Å². The molecule has 4 aromatic rings. The van der Waals surface area contributed by atoms with Crippen LogP contribution >= 0.6 is 0 Å². The number of rotatable bonds is 6. The first-order valence-corrected chi connectivity index (χ1v) is 12.0. The van der Waals surface area contributed by atoms with Crippen LogP contribution in [0.15, 0.2) is 53.6 Å². The van der Waals surface area contributed by atoms with Crippen molar-refractivity contribution in [3.05, 3.63) is 76.0 Å². The van der Waals surface area contributed by atoms with Gasteiger partial charge in [-0.05, 0) is 83.1 Å². The molecule has 0 aliphatic heterocycles. The van der Waals surface area contributed by atoms with Crippen LogP contribution in [0.1, 0.15) is 37.6 Å². The molecule has 0 spiro atoms. The predicted molar refractivity (Wildman–Crippen MR) is 139 cm³/mol. The van der Waals surface area contributed by atoms with E-state index in [0.717, 1.165) is 29.7 Å². The van der Waals surface area contributed by atoms with Gasteiger partial charge in [-0.3, -0.25) is 9.78 Å². The Labute approximate surface area is 204 Å². The van der Waals surface area contributed by atoms with Crippen molar-refractivity contribution >= 4 is 22.4 Å². The van der Waals surface area contributed by atoms with E-state index < -0.39 is 5.60 Å². The number of nitrogens with one attached hydrogen (secondary N) is 1. The maximum absolute atomic E-state index is 13.1. The highest BCUT2D eigenvalue weighted by molar-refractivity contribution is 5.82. The summed E-state index contributed by atoms with van der Waals surface area (Å²) in [5, 5.41) is 14.4. The minimum Gasteiger partial charge on any atom is -0.384 e. The molecule has 0 amide bonds. The number of aromatic nitrogens is 4. The van der Waals surface area contributed by atoms with Crippen LogP contribution < -0.4 is 10.9 Å². The van der Waals surface area contributed by atoms with Crippen LogP contribution in [-0.4, -0.2) is 49.5 Å². The summed E-state index contributed by atoms with van der Waals surface area (Å²) in [6, 6.07) is 12.6. The molecule has 1 aromatic carbocycles. The van der Waals surface area contributed by atoms with E-state index in [4.69, 9.17) is 0 Å². The number of benzene rings is 1. The van der Waals surface area contributed by atoms with E-state index in [0.29, 0.717) is 29.5 Å². The van der Waals surface area contributed by atoms with Crippen molar-refractivity contribution < 1.29 is 5.11 Å². The highest BCUT2D eigenvalue weighted by Gasteiger charge is 2.23. The Hall–Kier alpha value is -3.49. The number of hydrogen-bond acceptors (Lipinski definition) is 6. The molecule has 0 fully saturated rings. The van der Waals surface area contributed by atoms with Crippen molar-refractivity contribution in [3.63, 3.8) is 0 Å². The van der Waals surface area contributed by atoms with Gasteiger partial charge in [0.05, 0.1) is 22.3 Å². The summed E-state index contributed by atoms with van der Waals surface area (Å²) < 4.78 is 3.56. The lowest BCUT2D eigenvalue weighted by Gasteiger charge is -2.18. The number of pyridine rings is 2. The maximum atomic E-state index is 13.1. The SMILES string of the molecule is CCn1c(=O)c2cnc(Nc3ccc4c(c3)CC(N(C)C)C4)cc2n1-c1ccnc(C(C)(C)O)c1. The molecule has 8 nitrogen and oxygen atoms in total. The summed E-state index contributed by atoms with van der Waals surface area (Å²) in [4.78, 5) is 24.3. The molecule has 2 N–H and O–H groups in total. The van der Waals surface area contributed by atoms with Gasteiger partial charge in [0.1, 0.15) is 11.4 Å². The van der Waals surface area contributed by atoms with Crippen molar-refractivity contribution in [3.8, 4) is 5.69 Å². The minimum absolute atomic E-state index is 0.101. The largest absolute Gasteiger partial charge is 0.384 e. The van der Waals surface area contributed by atoms with Crippen molar-refractivity contribution in [1.29, 1.82) is 0 Å². The van der Waals surface area contributed by atoms with Crippen molar-refractivity contribution in [1.82, 2.24) is 24.2 Å². The summed E-state index contributed by atoms with van der Waals surface area (Å²) in [5.74, 6) is 0.665. The molecule has 0 saturated heterocycles. The smallest absolute Gasteiger partial charge is 0.276 e. The van der Waals surface area contributed by atoms with Gasteiger partial charge in [-0.25, -0.2) is 14.3 Å². The molecule has 0 bridgehead atoms. The van der Waals surface area contributed by atoms with Gasteiger partial charge in [-0.2, -0.15) is 0 Å². The predicted octanol–water partition coefficient (Wildman–Crippen LogP) is 3.60. The van der Waals surface area contributed by atoms with Crippen LogP contribution in [0.5, 0.6) is 0 Å². The van der Waals surface area contributed by atoms with Crippen molar-refractivity contribution in [2.75, 3.05) is 19.4 Å². The maximum Gasteiger partial charge on any atom is 0.276 e. The normalized spacial score (nSPS) is 15.7. The van der Waals surface area contributed by atoms with E-state index >= 15 is 0 Å². The van der Waals surface area contributed by atoms with Gasteiger partial charge in [-0.15, -0.1) is 0 Å². The highest BCUT2D eigenvalue weighted by atomic mass is 16.3. The van der Waals surface area contributed by atoms with Crippen LogP contribution in [0.4, 0.5) is 11.5 Å². The standard InChI is InChI=1S/C27H32N6O2/c1-6-32-26(34)22-16-29-25(30-19-8-7-17-12-21(31(4)5)13-18(17)11-19)15-23(22)33(32)20-9-10-28-24(14-20)27(2,3)35/h7-11,14-16,21,35H,6,12-13H2,1-5H3,(H,29,30). The Bertz CT molecular complexity index is 1460. The number of likely N-dealkylation sites (N-methyl/N-ethyl adjacent to an activating group) is 1. The molecule has 5 rings (SSSR count). The second kappa shape index (κ2) is 8.62. The summed E-state index contributed by atoms with van der Waals surface area (Å²) >= 11 is 0. The number of hydrogen-bond donors (Lipinski definition) is 2. The average molecular weight is 473 g/mol. The zero-order chi connectivity index (χ0) is 24.9. The van der Waals surface area contributed by atoms with Gasteiger partial charge in [0.15, 0.2) is 0 Å². The highest BCUT2D eigenvalue weighted by Crippen LogP contribution is 2.29. The molecular formula is C27H32N6O2. The van der Waals surface area contributed by atoms with Crippen LogP contribution in [0.25, 0.3) is 16.6 Å². The fourth-order valence-electron chi connectivity index (χ4n) is 4.85. The second-order valence-corrected chi connectivity index (χ2v) is 10.0. The lowest BCUT2D eigenvalue weighted by atomic mass is 10.0. The Kier molecular flexibility index (Phi) is 5.73. The Morgan fingerprint density at radius 2 is 1.89 bits per heavy atom. The monoisotopic (exact) mass is 472 g/mol. The fourth-order valence-corrected chi connectivity index (χ4v) is 4.85. The van der Waals surface area contributed by atoms with Gasteiger partial charge in [0.2, 0.25) is 0 Å². The summed E-state index contributed by atoms with van der Waals surface area (Å²) in [6.07, 6.45) is 5.40. The van der Waals surface area contributed by atoms with Crippen LogP contribution in [0.3, 0.4) is 0 Å². The molecule has 182 valence electrons. The molecule has 0 saturated carbocycles. The first-order chi connectivity index (χ1) is 16.7. The molecule has 1 unspecified atom stereocenters. The molecule has 0 radical (unpaired) electrons. The number of anilines is 2. The quantitative estimate of drug-likeness (QED) is 0.446. The molecular weight excluding hydrogens is 440 g/mol. The van der Waals surface area contributed by atoms with Crippen molar-refractivity contribution in [2.24, 2.45) is 0 Å². The summed E-state index contributed by atoms with van der Waals surface area (Å²) in [7, 11) is 4.26. The van der Waals surface area contributed by atoms with E-state index in [1.54, 1.807) is 30.9 Å². The fraction of sp³-hybridized carbons (Fsp3) is 0.370. The molecule has 35 heavy (non-hydrogen) atoms. The average Bonchev–Trinajstić information content (AvgIpc) is 3.37. The number of aliphatic hydroxyl groups is 1. The molecule has 8 heteroatoms. The lowest BCUT2D eigenvalue weighted by molar-refractivity contribution is 0.0738. The summed E-state index contributed by atoms with van der Waals surface area (Å²) in [6.45, 7) is 5.83. The Balaban J connectivity index is 1.55. The molecule has 3 aromatic heterocycles. The molecule has 1 aliphatic carbocycles. The van der Waals surface area contributed by atoms with E-state index in [1.807, 2.05) is 29.8 Å². The van der Waals surface area contributed by atoms with Crippen LogP contribution in [0, 0.1) is 0 Å². The zero-order valence-corrected chi connectivity index (χ0v) is 20.9. The topological polar surface area (TPSA) is 88.2 Å². The molecule has 1 atom stereocenters. The van der Waals surface area contributed by atoms with Gasteiger partial charge < -0.3 is 15.3 Å². The van der Waals surface area contributed by atoms with E-state index in [1.165, 1.54) is 11.1 Å². The summed E-state index contributed by atoms with van der Waals surface area (Å²) in [5.41, 5.74) is 4.58. The van der Waals surface area contributed by atoms with Gasteiger partial charge in [0, 0.05) is 36.7 Å². The van der Waals surface area contributed by atoms with Crippen molar-refractivity contribution in [2.45, 2.75) is 51.8 Å². The van der Waals surface area contributed by atoms with Crippen LogP contribution in [-0.2, 0) is 25.0 Å². The van der Waals surface area contributed by atoms with Gasteiger partial charge >= 0.3 is 0 Å². The second-order valence-electron chi connectivity index (χ2n) is 10.0. The first-order valence-electron chi connectivity index (χ1n) is 12.0. The van der Waals surface area contributed by atoms with E-state index in [-0.39, 0.29) is 5.56 Å². The molecule has 1 aliphatic rings. The Morgan fingerprint density at radius 3 is 2.60 bits per heavy atom. The van der Waals surface area contributed by atoms with E-state index in [9.17, 15) is 9.90 Å². The third-order valence-electron chi connectivity index (χ3n) is 6.85. The Morgan fingerprint density at radius 1 is 1.11 bits per heavy atom. The zero-order valence-electron chi connectivity index (χ0n) is 20.9.